The Morgan fingerprint density at radius 3 is 2.17 bits per heavy atom. The lowest BCUT2D eigenvalue weighted by molar-refractivity contribution is -0.130. The Bertz CT molecular complexity index is 1010. The largest absolute Gasteiger partial charge is 0.493 e. The van der Waals surface area contributed by atoms with Crippen LogP contribution in [0.3, 0.4) is 0 Å². The smallest absolute Gasteiger partial charge is 0.276 e. The van der Waals surface area contributed by atoms with Crippen LogP contribution in [-0.4, -0.2) is 51.8 Å². The molecular weight excluding hydrogens is 410 g/mol. The van der Waals surface area contributed by atoms with Crippen LogP contribution in [0.5, 0.6) is 11.5 Å². The van der Waals surface area contributed by atoms with E-state index in [1.807, 2.05) is 19.9 Å². The minimum Gasteiger partial charge on any atom is -0.493 e. The van der Waals surface area contributed by atoms with Gasteiger partial charge in [0.05, 0.1) is 18.6 Å². The maximum Gasteiger partial charge on any atom is 0.276 e. The number of carbonyl (C=O) groups excluding carboxylic acids is 2. The SMILES string of the molecule is COc1cc(C)ccc1OCC(=O)NNC(=O)CN(C)S(=O)(=O)c1ccc(C)cc1. The highest BCUT2D eigenvalue weighted by Crippen LogP contribution is 2.27. The standard InChI is InChI=1S/C20H25N3O6S/c1-14-5-8-16(9-6-14)30(26,27)23(3)12-19(24)21-22-20(25)13-29-17-10-7-15(2)11-18(17)28-4/h5-11H,12-13H2,1-4H3,(H,21,24)(H,22,25). The number of amides is 2. The van der Waals surface area contributed by atoms with E-state index >= 15 is 0 Å². The molecule has 0 saturated heterocycles. The Morgan fingerprint density at radius 1 is 0.933 bits per heavy atom. The summed E-state index contributed by atoms with van der Waals surface area (Å²) in [5, 5.41) is 0. The van der Waals surface area contributed by atoms with E-state index < -0.39 is 28.4 Å². The predicted molar refractivity (Wildman–Crippen MR) is 111 cm³/mol. The van der Waals surface area contributed by atoms with E-state index in [2.05, 4.69) is 10.9 Å². The molecule has 0 atom stereocenters. The number of hydrogen-bond donors (Lipinski definition) is 2. The average Bonchev–Trinajstić information content (AvgIpc) is 2.71. The summed E-state index contributed by atoms with van der Waals surface area (Å²) in [5.41, 5.74) is 6.24. The van der Waals surface area contributed by atoms with E-state index in [1.54, 1.807) is 24.3 Å². The van der Waals surface area contributed by atoms with E-state index in [-0.39, 0.29) is 11.5 Å². The van der Waals surface area contributed by atoms with Gasteiger partial charge >= 0.3 is 0 Å². The van der Waals surface area contributed by atoms with Gasteiger partial charge in [-0.25, -0.2) is 8.42 Å². The predicted octanol–water partition coefficient (Wildman–Crippen LogP) is 1.16. The number of likely N-dealkylation sites (N-methyl/N-ethyl adjacent to an activating group) is 1. The highest BCUT2D eigenvalue weighted by atomic mass is 32.2. The molecule has 0 radical (unpaired) electrons. The minimum atomic E-state index is -3.83. The van der Waals surface area contributed by atoms with E-state index in [0.29, 0.717) is 11.5 Å². The summed E-state index contributed by atoms with van der Waals surface area (Å²) < 4.78 is 36.4. The van der Waals surface area contributed by atoms with Gasteiger partial charge in [0.1, 0.15) is 0 Å². The molecular formula is C20H25N3O6S. The van der Waals surface area contributed by atoms with Gasteiger partial charge in [0.2, 0.25) is 10.0 Å². The summed E-state index contributed by atoms with van der Waals surface area (Å²) >= 11 is 0. The quantitative estimate of drug-likeness (QED) is 0.602. The van der Waals surface area contributed by atoms with Gasteiger partial charge in [0, 0.05) is 7.05 Å². The summed E-state index contributed by atoms with van der Waals surface area (Å²) in [5.74, 6) is -0.451. The number of rotatable bonds is 8. The fourth-order valence-corrected chi connectivity index (χ4v) is 3.56. The average molecular weight is 436 g/mol. The number of sulfonamides is 1. The topological polar surface area (TPSA) is 114 Å². The second-order valence-corrected chi connectivity index (χ2v) is 8.66. The third-order valence-electron chi connectivity index (χ3n) is 4.11. The van der Waals surface area contributed by atoms with Crippen molar-refractivity contribution in [1.29, 1.82) is 0 Å². The van der Waals surface area contributed by atoms with E-state index in [1.165, 1.54) is 26.3 Å². The molecule has 30 heavy (non-hydrogen) atoms. The zero-order valence-corrected chi connectivity index (χ0v) is 18.1. The number of hydrazine groups is 1. The maximum atomic E-state index is 12.5. The number of methoxy groups -OCH3 is 1. The molecule has 2 N–H and O–H groups in total. The Kier molecular flexibility index (Phi) is 7.79. The summed E-state index contributed by atoms with van der Waals surface area (Å²) in [6.07, 6.45) is 0. The van der Waals surface area contributed by atoms with Crippen molar-refractivity contribution in [3.05, 3.63) is 53.6 Å². The van der Waals surface area contributed by atoms with Crippen LogP contribution in [0.15, 0.2) is 47.4 Å². The summed E-state index contributed by atoms with van der Waals surface area (Å²) in [7, 11) is -1.06. The normalized spacial score (nSPS) is 11.1. The number of nitrogens with zero attached hydrogens (tertiary/aromatic N) is 1. The zero-order chi connectivity index (χ0) is 22.3. The molecule has 2 rings (SSSR count). The number of carbonyl (C=O) groups is 2. The summed E-state index contributed by atoms with van der Waals surface area (Å²) in [6, 6.07) is 11.5. The van der Waals surface area contributed by atoms with Crippen LogP contribution >= 0.6 is 0 Å². The van der Waals surface area contributed by atoms with Crippen LogP contribution in [0.1, 0.15) is 11.1 Å². The van der Waals surface area contributed by atoms with E-state index in [9.17, 15) is 18.0 Å². The molecule has 0 aliphatic rings. The van der Waals surface area contributed by atoms with Crippen LogP contribution in [0.2, 0.25) is 0 Å². The van der Waals surface area contributed by atoms with Crippen LogP contribution in [0.4, 0.5) is 0 Å². The zero-order valence-electron chi connectivity index (χ0n) is 17.3. The Morgan fingerprint density at radius 2 is 1.53 bits per heavy atom. The molecule has 2 amide bonds. The molecule has 162 valence electrons. The van der Waals surface area contributed by atoms with Gasteiger partial charge in [-0.1, -0.05) is 23.8 Å². The summed E-state index contributed by atoms with van der Waals surface area (Å²) in [6.45, 7) is 2.90. The van der Waals surface area contributed by atoms with Gasteiger partial charge in [0.15, 0.2) is 18.1 Å². The molecule has 0 aliphatic carbocycles. The van der Waals surface area contributed by atoms with Gasteiger partial charge in [0.25, 0.3) is 11.8 Å². The van der Waals surface area contributed by atoms with Crippen molar-refractivity contribution >= 4 is 21.8 Å². The first-order valence-corrected chi connectivity index (χ1v) is 10.5. The first-order valence-electron chi connectivity index (χ1n) is 9.01. The number of ether oxygens (including phenoxy) is 2. The fourth-order valence-electron chi connectivity index (χ4n) is 2.43. The molecule has 0 unspecified atom stereocenters. The monoisotopic (exact) mass is 435 g/mol. The van der Waals surface area contributed by atoms with Gasteiger partial charge in [-0.05, 0) is 43.7 Å². The van der Waals surface area contributed by atoms with Crippen molar-refractivity contribution in [1.82, 2.24) is 15.2 Å². The first kappa shape index (κ1) is 23.2. The van der Waals surface area contributed by atoms with Crippen LogP contribution in [0.25, 0.3) is 0 Å². The molecule has 2 aromatic carbocycles. The molecule has 10 heteroatoms. The molecule has 0 aromatic heterocycles. The van der Waals surface area contributed by atoms with Gasteiger partial charge in [-0.15, -0.1) is 0 Å². The highest BCUT2D eigenvalue weighted by Gasteiger charge is 2.23. The Labute approximate surface area is 176 Å². The van der Waals surface area contributed by atoms with Gasteiger partial charge in [-0.3, -0.25) is 20.4 Å². The van der Waals surface area contributed by atoms with Crippen molar-refractivity contribution in [3.63, 3.8) is 0 Å². The lowest BCUT2D eigenvalue weighted by Crippen LogP contribution is -2.48. The molecule has 2 aromatic rings. The third-order valence-corrected chi connectivity index (χ3v) is 5.93. The van der Waals surface area contributed by atoms with Crippen LogP contribution in [0, 0.1) is 13.8 Å². The van der Waals surface area contributed by atoms with E-state index in [4.69, 9.17) is 9.47 Å². The lowest BCUT2D eigenvalue weighted by atomic mass is 10.2. The van der Waals surface area contributed by atoms with Crippen molar-refractivity contribution in [2.45, 2.75) is 18.7 Å². The van der Waals surface area contributed by atoms with E-state index in [0.717, 1.165) is 15.4 Å². The Hall–Kier alpha value is -3.11. The number of benzene rings is 2. The van der Waals surface area contributed by atoms with Crippen molar-refractivity contribution < 1.29 is 27.5 Å². The van der Waals surface area contributed by atoms with Crippen LogP contribution in [-0.2, 0) is 19.6 Å². The molecule has 0 bridgehead atoms. The van der Waals surface area contributed by atoms with Crippen molar-refractivity contribution in [3.8, 4) is 11.5 Å². The fraction of sp³-hybridized carbons (Fsp3) is 0.300. The number of hydrogen-bond acceptors (Lipinski definition) is 6. The second-order valence-electron chi connectivity index (χ2n) is 6.61. The molecule has 0 spiro atoms. The molecule has 9 nitrogen and oxygen atoms in total. The highest BCUT2D eigenvalue weighted by molar-refractivity contribution is 7.89. The second kappa shape index (κ2) is 10.1. The maximum absolute atomic E-state index is 12.5. The first-order chi connectivity index (χ1) is 14.1. The lowest BCUT2D eigenvalue weighted by Gasteiger charge is -2.17. The summed E-state index contributed by atoms with van der Waals surface area (Å²) in [4.78, 5) is 24.0. The molecule has 0 saturated carbocycles. The molecule has 0 aliphatic heterocycles. The number of nitrogens with one attached hydrogen (secondary N) is 2. The van der Waals surface area contributed by atoms with Gasteiger partial charge < -0.3 is 9.47 Å². The molecule has 0 fully saturated rings. The van der Waals surface area contributed by atoms with Crippen molar-refractivity contribution in [2.24, 2.45) is 0 Å². The minimum absolute atomic E-state index is 0.0767. The molecule has 0 heterocycles. The van der Waals surface area contributed by atoms with Gasteiger partial charge in [-0.2, -0.15) is 4.31 Å². The Balaban J connectivity index is 1.83. The van der Waals surface area contributed by atoms with Crippen LogP contribution < -0.4 is 20.3 Å². The number of aryl methyl sites for hydroxylation is 2. The third kappa shape index (κ3) is 6.19. The van der Waals surface area contributed by atoms with Crippen molar-refractivity contribution in [2.75, 3.05) is 27.3 Å².